The minimum atomic E-state index is -0.541. The van der Waals surface area contributed by atoms with Crippen molar-refractivity contribution in [3.8, 4) is 28.5 Å². The Labute approximate surface area is 140 Å². The fraction of sp³-hybridized carbons (Fsp3) is 0.0588. The van der Waals surface area contributed by atoms with E-state index >= 15 is 0 Å². The largest absolute Gasteiger partial charge is 0.334 e. The minimum absolute atomic E-state index is 0.0651. The molecule has 0 unspecified atom stereocenters. The number of imidazole rings is 1. The lowest BCUT2D eigenvalue weighted by molar-refractivity contribution is 0.429. The Morgan fingerprint density at radius 1 is 1.28 bits per heavy atom. The number of nitrogens with one attached hydrogen (secondary N) is 1. The van der Waals surface area contributed by atoms with E-state index in [9.17, 15) is 9.18 Å². The Bertz CT molecular complexity index is 1110. The van der Waals surface area contributed by atoms with E-state index in [-0.39, 0.29) is 17.1 Å². The van der Waals surface area contributed by atoms with Crippen LogP contribution in [-0.4, -0.2) is 24.7 Å². The molecule has 124 valence electrons. The van der Waals surface area contributed by atoms with E-state index in [0.29, 0.717) is 17.1 Å². The molecule has 0 aliphatic carbocycles. The van der Waals surface area contributed by atoms with Crippen molar-refractivity contribution < 1.29 is 8.91 Å². The lowest BCUT2D eigenvalue weighted by Crippen LogP contribution is -2.15. The minimum Gasteiger partial charge on any atom is -0.334 e. The quantitative estimate of drug-likeness (QED) is 0.621. The first-order valence-corrected chi connectivity index (χ1v) is 7.45. The van der Waals surface area contributed by atoms with Crippen molar-refractivity contribution in [2.45, 2.75) is 6.92 Å². The number of aromatic nitrogens is 5. The predicted octanol–water partition coefficient (Wildman–Crippen LogP) is 2.73. The number of rotatable bonds is 3. The maximum Gasteiger partial charge on any atom is 0.330 e. The number of halogens is 1. The molecular weight excluding hydrogens is 325 g/mol. The molecular formula is C17H12FN5O2. The molecule has 0 spiro atoms. The van der Waals surface area contributed by atoms with Crippen LogP contribution in [0.4, 0.5) is 4.39 Å². The molecule has 0 saturated carbocycles. The SMILES string of the molecule is Cc1c[nH]c(=O)n1-c1cccc(-c2noc(-c3ccncc3F)n2)c1. The number of aromatic amines is 1. The maximum absolute atomic E-state index is 13.8. The van der Waals surface area contributed by atoms with E-state index in [1.165, 1.54) is 16.8 Å². The summed E-state index contributed by atoms with van der Waals surface area (Å²) >= 11 is 0. The molecule has 25 heavy (non-hydrogen) atoms. The summed E-state index contributed by atoms with van der Waals surface area (Å²) in [6.07, 6.45) is 4.17. The van der Waals surface area contributed by atoms with Gasteiger partial charge in [0.2, 0.25) is 5.82 Å². The molecule has 1 aromatic carbocycles. The highest BCUT2D eigenvalue weighted by atomic mass is 19.1. The Balaban J connectivity index is 1.76. The third-order valence-electron chi connectivity index (χ3n) is 3.75. The number of nitrogens with zero attached hydrogens (tertiary/aromatic N) is 4. The fourth-order valence-corrected chi connectivity index (χ4v) is 2.56. The summed E-state index contributed by atoms with van der Waals surface area (Å²) in [5.74, 6) is -0.175. The van der Waals surface area contributed by atoms with Crippen LogP contribution in [0.1, 0.15) is 5.69 Å². The molecule has 0 atom stereocenters. The van der Waals surface area contributed by atoms with Gasteiger partial charge in [-0.3, -0.25) is 9.55 Å². The van der Waals surface area contributed by atoms with E-state index in [4.69, 9.17) is 4.52 Å². The average Bonchev–Trinajstić information content (AvgIpc) is 3.23. The smallest absolute Gasteiger partial charge is 0.330 e. The van der Waals surface area contributed by atoms with Gasteiger partial charge in [0.15, 0.2) is 5.82 Å². The van der Waals surface area contributed by atoms with E-state index in [0.717, 1.165) is 11.9 Å². The number of aryl methyl sites for hydroxylation is 1. The number of hydrogen-bond acceptors (Lipinski definition) is 5. The van der Waals surface area contributed by atoms with Crippen LogP contribution in [-0.2, 0) is 0 Å². The van der Waals surface area contributed by atoms with Crippen molar-refractivity contribution in [1.82, 2.24) is 24.7 Å². The molecule has 0 bridgehead atoms. The van der Waals surface area contributed by atoms with Gasteiger partial charge in [-0.1, -0.05) is 17.3 Å². The van der Waals surface area contributed by atoms with E-state index in [1.54, 1.807) is 30.5 Å². The molecule has 3 heterocycles. The molecule has 3 aromatic heterocycles. The van der Waals surface area contributed by atoms with Crippen molar-refractivity contribution in [1.29, 1.82) is 0 Å². The standard InChI is InChI=1S/C17H12FN5O2/c1-10-8-20-17(24)23(10)12-4-2-3-11(7-12)15-21-16(25-22-15)13-5-6-19-9-14(13)18/h2-9H,1H3,(H,20,24). The second-order valence-electron chi connectivity index (χ2n) is 5.40. The summed E-state index contributed by atoms with van der Waals surface area (Å²) in [5, 5.41) is 3.90. The average molecular weight is 337 g/mol. The summed E-state index contributed by atoms with van der Waals surface area (Å²) in [6.45, 7) is 1.82. The van der Waals surface area contributed by atoms with Gasteiger partial charge in [0.05, 0.1) is 17.4 Å². The summed E-state index contributed by atoms with van der Waals surface area (Å²) < 4.78 is 20.5. The van der Waals surface area contributed by atoms with Crippen LogP contribution >= 0.6 is 0 Å². The van der Waals surface area contributed by atoms with Gasteiger partial charge in [0, 0.05) is 23.7 Å². The van der Waals surface area contributed by atoms with Crippen LogP contribution in [0.2, 0.25) is 0 Å². The summed E-state index contributed by atoms with van der Waals surface area (Å²) in [4.78, 5) is 22.5. The predicted molar refractivity (Wildman–Crippen MR) is 87.6 cm³/mol. The summed E-state index contributed by atoms with van der Waals surface area (Å²) in [6, 6.07) is 8.60. The lowest BCUT2D eigenvalue weighted by atomic mass is 10.2. The Hall–Kier alpha value is -3.55. The molecule has 1 N–H and O–H groups in total. The van der Waals surface area contributed by atoms with Gasteiger partial charge in [-0.2, -0.15) is 4.98 Å². The number of hydrogen-bond donors (Lipinski definition) is 1. The number of benzene rings is 1. The van der Waals surface area contributed by atoms with Crippen LogP contribution < -0.4 is 5.69 Å². The van der Waals surface area contributed by atoms with E-state index in [1.807, 2.05) is 6.92 Å². The maximum atomic E-state index is 13.8. The molecule has 0 radical (unpaired) electrons. The molecule has 8 heteroatoms. The molecule has 0 amide bonds. The molecule has 0 aliphatic heterocycles. The van der Waals surface area contributed by atoms with Crippen molar-refractivity contribution in [2.24, 2.45) is 0 Å². The number of H-pyrrole nitrogens is 1. The summed E-state index contributed by atoms with van der Waals surface area (Å²) in [5.41, 5.74) is 2.04. The van der Waals surface area contributed by atoms with Crippen molar-refractivity contribution in [2.75, 3.05) is 0 Å². The van der Waals surface area contributed by atoms with Crippen molar-refractivity contribution in [3.63, 3.8) is 0 Å². The zero-order chi connectivity index (χ0) is 17.4. The number of pyridine rings is 1. The van der Waals surface area contributed by atoms with Gasteiger partial charge in [0.25, 0.3) is 5.89 Å². The third kappa shape index (κ3) is 2.63. The Morgan fingerprint density at radius 2 is 2.16 bits per heavy atom. The van der Waals surface area contributed by atoms with Crippen LogP contribution in [0, 0.1) is 12.7 Å². The van der Waals surface area contributed by atoms with Crippen molar-refractivity contribution in [3.05, 3.63) is 70.9 Å². The van der Waals surface area contributed by atoms with Crippen LogP contribution in [0.25, 0.3) is 28.5 Å². The van der Waals surface area contributed by atoms with E-state index < -0.39 is 5.82 Å². The van der Waals surface area contributed by atoms with Gasteiger partial charge >= 0.3 is 5.69 Å². The van der Waals surface area contributed by atoms with Crippen LogP contribution in [0.5, 0.6) is 0 Å². The van der Waals surface area contributed by atoms with Crippen molar-refractivity contribution >= 4 is 0 Å². The van der Waals surface area contributed by atoms with Gasteiger partial charge < -0.3 is 9.51 Å². The zero-order valence-corrected chi connectivity index (χ0v) is 13.1. The lowest BCUT2D eigenvalue weighted by Gasteiger charge is -2.05. The van der Waals surface area contributed by atoms with Gasteiger partial charge in [-0.15, -0.1) is 0 Å². The highest BCUT2D eigenvalue weighted by Gasteiger charge is 2.15. The molecule has 0 saturated heterocycles. The third-order valence-corrected chi connectivity index (χ3v) is 3.75. The molecule has 0 aliphatic rings. The van der Waals surface area contributed by atoms with Gasteiger partial charge in [0.1, 0.15) is 0 Å². The normalized spacial score (nSPS) is 11.0. The second-order valence-corrected chi connectivity index (χ2v) is 5.40. The Morgan fingerprint density at radius 3 is 2.92 bits per heavy atom. The molecule has 0 fully saturated rings. The van der Waals surface area contributed by atoms with E-state index in [2.05, 4.69) is 20.1 Å². The molecule has 4 aromatic rings. The first-order valence-electron chi connectivity index (χ1n) is 7.45. The summed E-state index contributed by atoms with van der Waals surface area (Å²) in [7, 11) is 0. The zero-order valence-electron chi connectivity index (χ0n) is 13.1. The van der Waals surface area contributed by atoms with Crippen LogP contribution in [0.3, 0.4) is 0 Å². The second kappa shape index (κ2) is 5.82. The molecule has 4 rings (SSSR count). The highest BCUT2D eigenvalue weighted by molar-refractivity contribution is 5.62. The highest BCUT2D eigenvalue weighted by Crippen LogP contribution is 2.25. The van der Waals surface area contributed by atoms with Gasteiger partial charge in [-0.05, 0) is 25.1 Å². The van der Waals surface area contributed by atoms with Crippen LogP contribution in [0.15, 0.2) is 58.2 Å². The fourth-order valence-electron chi connectivity index (χ4n) is 2.56. The molecule has 7 nitrogen and oxygen atoms in total. The monoisotopic (exact) mass is 337 g/mol. The van der Waals surface area contributed by atoms with Gasteiger partial charge in [-0.25, -0.2) is 9.18 Å². The topological polar surface area (TPSA) is 89.6 Å². The first-order chi connectivity index (χ1) is 12.1. The first kappa shape index (κ1) is 15.0. The Kier molecular flexibility index (Phi) is 3.50.